The minimum absolute atomic E-state index is 0.628. The molecule has 0 atom stereocenters. The second-order valence-electron chi connectivity index (χ2n) is 3.84. The molecule has 6 nitrogen and oxygen atoms in total. The van der Waals surface area contributed by atoms with Gasteiger partial charge in [0, 0.05) is 18.8 Å². The molecule has 0 unspecified atom stereocenters. The van der Waals surface area contributed by atoms with E-state index in [-0.39, 0.29) is 0 Å². The fourth-order valence-corrected chi connectivity index (χ4v) is 1.85. The minimum Gasteiger partial charge on any atom is -0.367 e. The Morgan fingerprint density at radius 3 is 2.94 bits per heavy atom. The second-order valence-corrected chi connectivity index (χ2v) is 4.83. The summed E-state index contributed by atoms with van der Waals surface area (Å²) in [5.74, 6) is 2.48. The van der Waals surface area contributed by atoms with Crippen molar-refractivity contribution in [2.24, 2.45) is 0 Å². The maximum absolute atomic E-state index is 4.47. The van der Waals surface area contributed by atoms with Crippen LogP contribution in [-0.4, -0.2) is 45.0 Å². The summed E-state index contributed by atoms with van der Waals surface area (Å²) in [7, 11) is 0. The average molecular weight is 266 g/mol. The zero-order chi connectivity index (χ0) is 12.8. The number of anilines is 2. The van der Waals surface area contributed by atoms with Gasteiger partial charge in [0.15, 0.2) is 11.5 Å². The third-order valence-corrected chi connectivity index (χ3v) is 3.03. The smallest absolute Gasteiger partial charge is 0.226 e. The van der Waals surface area contributed by atoms with Gasteiger partial charge in [-0.2, -0.15) is 21.7 Å². The number of aromatic nitrogens is 4. The molecule has 0 spiro atoms. The van der Waals surface area contributed by atoms with Gasteiger partial charge >= 0.3 is 0 Å². The van der Waals surface area contributed by atoms with E-state index in [2.05, 4.69) is 43.7 Å². The number of hydrogen-bond acceptors (Lipinski definition) is 6. The quantitative estimate of drug-likeness (QED) is 0.665. The van der Waals surface area contributed by atoms with Crippen molar-refractivity contribution in [2.45, 2.75) is 13.3 Å². The molecule has 0 aliphatic carbocycles. The Morgan fingerprint density at radius 2 is 2.17 bits per heavy atom. The molecule has 18 heavy (non-hydrogen) atoms. The number of hydrogen-bond donors (Lipinski definition) is 3. The molecule has 0 bridgehead atoms. The summed E-state index contributed by atoms with van der Waals surface area (Å²) in [4.78, 5) is 16.1. The van der Waals surface area contributed by atoms with Crippen LogP contribution in [0.4, 0.5) is 11.8 Å². The van der Waals surface area contributed by atoms with Crippen LogP contribution in [0.5, 0.6) is 0 Å². The van der Waals surface area contributed by atoms with Crippen LogP contribution >= 0.6 is 11.8 Å². The standard InChI is InChI=1S/C11H18N6S/c1-3-4-13-11-16-9(12-5-6-18-2)8-10(17-11)15-7-14-8/h7H,3-6H2,1-2H3,(H3,12,13,14,15,16,17). The first-order valence-corrected chi connectivity index (χ1v) is 7.42. The van der Waals surface area contributed by atoms with Gasteiger partial charge in [0.1, 0.15) is 5.52 Å². The van der Waals surface area contributed by atoms with E-state index in [4.69, 9.17) is 0 Å². The maximum Gasteiger partial charge on any atom is 0.226 e. The molecule has 7 heteroatoms. The van der Waals surface area contributed by atoms with Crippen molar-refractivity contribution >= 4 is 34.7 Å². The van der Waals surface area contributed by atoms with Crippen molar-refractivity contribution < 1.29 is 0 Å². The lowest BCUT2D eigenvalue weighted by Crippen LogP contribution is -2.10. The van der Waals surface area contributed by atoms with Gasteiger partial charge in [-0.15, -0.1) is 0 Å². The van der Waals surface area contributed by atoms with E-state index in [1.54, 1.807) is 18.1 Å². The molecule has 3 N–H and O–H groups in total. The number of nitrogens with zero attached hydrogens (tertiary/aromatic N) is 3. The normalized spacial score (nSPS) is 10.8. The summed E-state index contributed by atoms with van der Waals surface area (Å²) < 4.78 is 0. The highest BCUT2D eigenvalue weighted by Gasteiger charge is 2.08. The highest BCUT2D eigenvalue weighted by molar-refractivity contribution is 7.98. The number of imidazole rings is 1. The van der Waals surface area contributed by atoms with Gasteiger partial charge in [-0.05, 0) is 12.7 Å². The Labute approximate surface area is 110 Å². The van der Waals surface area contributed by atoms with Crippen molar-refractivity contribution in [3.8, 4) is 0 Å². The van der Waals surface area contributed by atoms with Crippen molar-refractivity contribution in [2.75, 3.05) is 35.7 Å². The summed E-state index contributed by atoms with van der Waals surface area (Å²) in [6.45, 7) is 3.84. The van der Waals surface area contributed by atoms with E-state index < -0.39 is 0 Å². The molecule has 0 saturated carbocycles. The summed E-state index contributed by atoms with van der Waals surface area (Å²) in [6.07, 6.45) is 4.77. The number of thioether (sulfide) groups is 1. The maximum atomic E-state index is 4.47. The summed E-state index contributed by atoms with van der Waals surface area (Å²) in [5.41, 5.74) is 1.55. The van der Waals surface area contributed by atoms with E-state index in [0.717, 1.165) is 36.6 Å². The van der Waals surface area contributed by atoms with Gasteiger partial charge in [-0.25, -0.2) is 4.98 Å². The monoisotopic (exact) mass is 266 g/mol. The lowest BCUT2D eigenvalue weighted by molar-refractivity contribution is 0.955. The number of nitrogens with one attached hydrogen (secondary N) is 3. The highest BCUT2D eigenvalue weighted by atomic mass is 32.2. The van der Waals surface area contributed by atoms with Crippen LogP contribution in [0.2, 0.25) is 0 Å². The zero-order valence-electron chi connectivity index (χ0n) is 10.7. The third-order valence-electron chi connectivity index (χ3n) is 2.42. The SMILES string of the molecule is CCCNc1nc(NCCSC)c2[nH]cnc2n1. The summed E-state index contributed by atoms with van der Waals surface area (Å²) >= 11 is 1.80. The van der Waals surface area contributed by atoms with Crippen LogP contribution in [0, 0.1) is 0 Å². The molecule has 0 aliphatic heterocycles. The Bertz CT molecular complexity index is 497. The zero-order valence-corrected chi connectivity index (χ0v) is 11.5. The Hall–Kier alpha value is -1.50. The number of H-pyrrole nitrogens is 1. The molecule has 0 radical (unpaired) electrons. The van der Waals surface area contributed by atoms with Gasteiger partial charge in [0.25, 0.3) is 0 Å². The second kappa shape index (κ2) is 6.44. The highest BCUT2D eigenvalue weighted by Crippen LogP contribution is 2.18. The average Bonchev–Trinajstić information content (AvgIpc) is 2.85. The third kappa shape index (κ3) is 3.04. The minimum atomic E-state index is 0.628. The van der Waals surface area contributed by atoms with Crippen LogP contribution in [0.25, 0.3) is 11.2 Å². The van der Waals surface area contributed by atoms with E-state index in [1.807, 2.05) is 0 Å². The van der Waals surface area contributed by atoms with Crippen LogP contribution in [0.15, 0.2) is 6.33 Å². The van der Waals surface area contributed by atoms with Gasteiger partial charge in [0.2, 0.25) is 5.95 Å². The van der Waals surface area contributed by atoms with Gasteiger partial charge in [0.05, 0.1) is 6.33 Å². The van der Waals surface area contributed by atoms with Crippen molar-refractivity contribution in [3.63, 3.8) is 0 Å². The van der Waals surface area contributed by atoms with Gasteiger partial charge < -0.3 is 15.6 Å². The van der Waals surface area contributed by atoms with Crippen molar-refractivity contribution in [3.05, 3.63) is 6.33 Å². The number of aromatic amines is 1. The molecular formula is C11H18N6S. The van der Waals surface area contributed by atoms with E-state index in [1.165, 1.54) is 0 Å². The molecule has 2 rings (SSSR count). The first kappa shape index (κ1) is 12.9. The molecule has 0 fully saturated rings. The van der Waals surface area contributed by atoms with Crippen LogP contribution < -0.4 is 10.6 Å². The molecule has 0 saturated heterocycles. The fraction of sp³-hybridized carbons (Fsp3) is 0.545. The molecule has 2 aromatic rings. The van der Waals surface area contributed by atoms with Crippen LogP contribution in [-0.2, 0) is 0 Å². The molecule has 0 aromatic carbocycles. The first-order valence-electron chi connectivity index (χ1n) is 6.03. The topological polar surface area (TPSA) is 78.5 Å². The first-order chi connectivity index (χ1) is 8.85. The van der Waals surface area contributed by atoms with Crippen LogP contribution in [0.1, 0.15) is 13.3 Å². The molecule has 98 valence electrons. The lowest BCUT2D eigenvalue weighted by Gasteiger charge is -2.08. The molecular weight excluding hydrogens is 248 g/mol. The molecule has 2 heterocycles. The fourth-order valence-electron chi connectivity index (χ4n) is 1.55. The lowest BCUT2D eigenvalue weighted by atomic mass is 10.4. The van der Waals surface area contributed by atoms with Gasteiger partial charge in [-0.1, -0.05) is 6.92 Å². The van der Waals surface area contributed by atoms with E-state index in [0.29, 0.717) is 11.6 Å². The summed E-state index contributed by atoms with van der Waals surface area (Å²) in [6, 6.07) is 0. The molecule has 0 aliphatic rings. The summed E-state index contributed by atoms with van der Waals surface area (Å²) in [5, 5.41) is 6.49. The number of fused-ring (bicyclic) bond motifs is 1. The largest absolute Gasteiger partial charge is 0.367 e. The Kier molecular flexibility index (Phi) is 4.63. The molecule has 2 aromatic heterocycles. The Morgan fingerprint density at radius 1 is 1.28 bits per heavy atom. The number of rotatable bonds is 7. The van der Waals surface area contributed by atoms with E-state index in [9.17, 15) is 0 Å². The van der Waals surface area contributed by atoms with E-state index >= 15 is 0 Å². The van der Waals surface area contributed by atoms with Crippen molar-refractivity contribution in [1.29, 1.82) is 0 Å². The van der Waals surface area contributed by atoms with Crippen molar-refractivity contribution in [1.82, 2.24) is 19.9 Å². The predicted molar refractivity (Wildman–Crippen MR) is 77.3 cm³/mol. The Balaban J connectivity index is 2.21. The molecule has 0 amide bonds. The van der Waals surface area contributed by atoms with Gasteiger partial charge in [-0.3, -0.25) is 0 Å². The predicted octanol–water partition coefficient (Wildman–Crippen LogP) is 1.95. The van der Waals surface area contributed by atoms with Crippen LogP contribution in [0.3, 0.4) is 0 Å².